The van der Waals surface area contributed by atoms with Crippen molar-refractivity contribution in [2.75, 3.05) is 0 Å². The molecular formula is C20H18ClNO6S. The zero-order chi connectivity index (χ0) is 20.9. The SMILES string of the molecule is C=C(C(=O)O)c1cccc2c1OC1CC(O)C(NS(=O)(=O)c3ccc(Cl)cc3)C21. The van der Waals surface area contributed by atoms with Crippen molar-refractivity contribution in [2.45, 2.75) is 35.5 Å². The highest BCUT2D eigenvalue weighted by Crippen LogP contribution is 2.49. The largest absolute Gasteiger partial charge is 0.489 e. The molecule has 2 aromatic rings. The molecule has 29 heavy (non-hydrogen) atoms. The zero-order valence-corrected chi connectivity index (χ0v) is 16.7. The van der Waals surface area contributed by atoms with Gasteiger partial charge in [-0.15, -0.1) is 0 Å². The lowest BCUT2D eigenvalue weighted by atomic mass is 9.91. The molecule has 0 aromatic heterocycles. The van der Waals surface area contributed by atoms with Gasteiger partial charge in [0.2, 0.25) is 10.0 Å². The number of aliphatic hydroxyl groups excluding tert-OH is 1. The molecular weight excluding hydrogens is 418 g/mol. The number of nitrogens with one attached hydrogen (secondary N) is 1. The fraction of sp³-hybridized carbons (Fsp3) is 0.250. The van der Waals surface area contributed by atoms with E-state index >= 15 is 0 Å². The molecule has 1 aliphatic heterocycles. The smallest absolute Gasteiger partial charge is 0.335 e. The first-order valence-electron chi connectivity index (χ1n) is 8.87. The third kappa shape index (κ3) is 3.42. The van der Waals surface area contributed by atoms with Gasteiger partial charge in [0.05, 0.1) is 22.6 Å². The van der Waals surface area contributed by atoms with Crippen molar-refractivity contribution in [2.24, 2.45) is 0 Å². The van der Waals surface area contributed by atoms with Crippen LogP contribution in [0.25, 0.3) is 5.57 Å². The Bertz CT molecular complexity index is 1100. The molecule has 0 saturated heterocycles. The van der Waals surface area contributed by atoms with Gasteiger partial charge < -0.3 is 14.9 Å². The van der Waals surface area contributed by atoms with Crippen LogP contribution >= 0.6 is 11.6 Å². The Morgan fingerprint density at radius 1 is 1.21 bits per heavy atom. The number of benzene rings is 2. The molecule has 4 unspecified atom stereocenters. The van der Waals surface area contributed by atoms with E-state index < -0.39 is 40.2 Å². The van der Waals surface area contributed by atoms with E-state index in [1.165, 1.54) is 24.3 Å². The van der Waals surface area contributed by atoms with Crippen LogP contribution in [0.2, 0.25) is 5.02 Å². The minimum atomic E-state index is -3.91. The van der Waals surface area contributed by atoms with Gasteiger partial charge in [0, 0.05) is 28.5 Å². The van der Waals surface area contributed by atoms with Crippen LogP contribution in [0.4, 0.5) is 0 Å². The van der Waals surface area contributed by atoms with E-state index in [9.17, 15) is 23.4 Å². The number of fused-ring (bicyclic) bond motifs is 3. The minimum Gasteiger partial charge on any atom is -0.489 e. The molecule has 3 N–H and O–H groups in total. The Morgan fingerprint density at radius 2 is 1.90 bits per heavy atom. The van der Waals surface area contributed by atoms with Gasteiger partial charge >= 0.3 is 5.97 Å². The van der Waals surface area contributed by atoms with Crippen molar-refractivity contribution < 1.29 is 28.2 Å². The first-order valence-corrected chi connectivity index (χ1v) is 10.7. The lowest BCUT2D eigenvalue weighted by Gasteiger charge is -2.22. The second kappa shape index (κ2) is 7.14. The van der Waals surface area contributed by atoms with E-state index in [1.54, 1.807) is 18.2 Å². The summed E-state index contributed by atoms with van der Waals surface area (Å²) in [6.07, 6.45) is -1.21. The van der Waals surface area contributed by atoms with E-state index in [2.05, 4.69) is 11.3 Å². The van der Waals surface area contributed by atoms with Gasteiger partial charge in [0.15, 0.2) is 0 Å². The zero-order valence-electron chi connectivity index (χ0n) is 15.1. The summed E-state index contributed by atoms with van der Waals surface area (Å²) in [6.45, 7) is 3.58. The van der Waals surface area contributed by atoms with E-state index in [4.69, 9.17) is 16.3 Å². The third-order valence-electron chi connectivity index (χ3n) is 5.35. The van der Waals surface area contributed by atoms with Crippen LogP contribution in [0.5, 0.6) is 5.75 Å². The summed E-state index contributed by atoms with van der Waals surface area (Å²) in [4.78, 5) is 11.4. The Morgan fingerprint density at radius 3 is 2.55 bits per heavy atom. The number of aliphatic carboxylic acids is 1. The molecule has 1 aliphatic carbocycles. The average molecular weight is 436 g/mol. The molecule has 1 heterocycles. The maximum Gasteiger partial charge on any atom is 0.335 e. The van der Waals surface area contributed by atoms with Crippen LogP contribution in [0, 0.1) is 0 Å². The predicted molar refractivity (Wildman–Crippen MR) is 106 cm³/mol. The number of carboxylic acids is 1. The molecule has 0 bridgehead atoms. The van der Waals surface area contributed by atoms with Gasteiger partial charge in [-0.2, -0.15) is 0 Å². The maximum absolute atomic E-state index is 12.8. The quantitative estimate of drug-likeness (QED) is 0.621. The lowest BCUT2D eigenvalue weighted by molar-refractivity contribution is -0.130. The van der Waals surface area contributed by atoms with Gasteiger partial charge in [0.1, 0.15) is 11.9 Å². The summed E-state index contributed by atoms with van der Waals surface area (Å²) in [5.41, 5.74) is 0.883. The summed E-state index contributed by atoms with van der Waals surface area (Å²) in [5, 5.41) is 20.2. The van der Waals surface area contributed by atoms with Gasteiger partial charge in [-0.25, -0.2) is 17.9 Å². The highest BCUT2D eigenvalue weighted by molar-refractivity contribution is 7.89. The number of carboxylic acid groups (broad SMARTS) is 1. The van der Waals surface area contributed by atoms with Crippen molar-refractivity contribution in [3.05, 3.63) is 65.2 Å². The first-order chi connectivity index (χ1) is 13.7. The molecule has 2 aromatic carbocycles. The van der Waals surface area contributed by atoms with Gasteiger partial charge in [-0.05, 0) is 24.3 Å². The number of aliphatic hydroxyl groups is 1. The monoisotopic (exact) mass is 435 g/mol. The number of sulfonamides is 1. The average Bonchev–Trinajstić information content (AvgIpc) is 3.17. The number of halogens is 1. The number of ether oxygens (including phenoxy) is 1. The second-order valence-corrected chi connectivity index (χ2v) is 9.24. The minimum absolute atomic E-state index is 0.0321. The van der Waals surface area contributed by atoms with Crippen molar-refractivity contribution in [3.63, 3.8) is 0 Å². The van der Waals surface area contributed by atoms with Gasteiger partial charge in [-0.1, -0.05) is 36.4 Å². The topological polar surface area (TPSA) is 113 Å². The molecule has 7 nitrogen and oxygen atoms in total. The van der Waals surface area contributed by atoms with Crippen molar-refractivity contribution in [1.82, 2.24) is 4.72 Å². The summed E-state index contributed by atoms with van der Waals surface area (Å²) < 4.78 is 34.1. The third-order valence-corrected chi connectivity index (χ3v) is 7.08. The standard InChI is InChI=1S/C20H18ClNO6S/c1-10(20(24)25)13-3-2-4-14-17-16(28-19(13)14)9-15(23)18(17)22-29(26,27)12-7-5-11(21)6-8-12/h2-8,15-18,22-23H,1,9H2,(H,24,25). The first kappa shape index (κ1) is 19.9. The highest BCUT2D eigenvalue weighted by Gasteiger charge is 2.51. The number of hydrogen-bond donors (Lipinski definition) is 3. The van der Waals surface area contributed by atoms with Crippen molar-refractivity contribution in [3.8, 4) is 5.75 Å². The fourth-order valence-corrected chi connectivity index (χ4v) is 5.40. The molecule has 4 atom stereocenters. The molecule has 0 amide bonds. The highest BCUT2D eigenvalue weighted by atomic mass is 35.5. The Balaban J connectivity index is 1.69. The van der Waals surface area contributed by atoms with Gasteiger partial charge in [0.25, 0.3) is 0 Å². The Kier molecular flexibility index (Phi) is 4.90. The van der Waals surface area contributed by atoms with E-state index in [0.29, 0.717) is 21.9 Å². The van der Waals surface area contributed by atoms with Crippen LogP contribution in [0.3, 0.4) is 0 Å². The Labute approximate surface area is 172 Å². The van der Waals surface area contributed by atoms with Crippen molar-refractivity contribution in [1.29, 1.82) is 0 Å². The molecule has 0 spiro atoms. The van der Waals surface area contributed by atoms with E-state index in [0.717, 1.165) is 0 Å². The summed E-state index contributed by atoms with van der Waals surface area (Å²) in [7, 11) is -3.91. The normalized spacial score (nSPS) is 25.2. The maximum atomic E-state index is 12.8. The number of carbonyl (C=O) groups is 1. The Hall–Kier alpha value is -2.39. The van der Waals surface area contributed by atoms with Crippen LogP contribution in [-0.2, 0) is 14.8 Å². The number of rotatable bonds is 5. The number of para-hydroxylation sites is 1. The summed E-state index contributed by atoms with van der Waals surface area (Å²) in [5.74, 6) is -1.25. The number of hydrogen-bond acceptors (Lipinski definition) is 5. The van der Waals surface area contributed by atoms with Crippen molar-refractivity contribution >= 4 is 33.2 Å². The van der Waals surface area contributed by atoms with Crippen LogP contribution in [0.15, 0.2) is 53.9 Å². The molecule has 9 heteroatoms. The van der Waals surface area contributed by atoms with E-state index in [1.807, 2.05) is 0 Å². The van der Waals surface area contributed by atoms with Gasteiger partial charge in [-0.3, -0.25) is 0 Å². The summed E-state index contributed by atoms with van der Waals surface area (Å²) in [6, 6.07) is 9.91. The molecule has 152 valence electrons. The fourth-order valence-electron chi connectivity index (χ4n) is 3.98. The molecule has 0 radical (unpaired) electrons. The second-order valence-electron chi connectivity index (χ2n) is 7.09. The van der Waals surface area contributed by atoms with Crippen LogP contribution in [0.1, 0.15) is 23.5 Å². The predicted octanol–water partition coefficient (Wildman–Crippen LogP) is 2.39. The van der Waals surface area contributed by atoms with Crippen LogP contribution < -0.4 is 9.46 Å². The molecule has 2 aliphatic rings. The molecule has 1 saturated carbocycles. The summed E-state index contributed by atoms with van der Waals surface area (Å²) >= 11 is 5.83. The lowest BCUT2D eigenvalue weighted by Crippen LogP contribution is -2.43. The van der Waals surface area contributed by atoms with Crippen LogP contribution in [-0.4, -0.2) is 42.8 Å². The van der Waals surface area contributed by atoms with E-state index in [-0.39, 0.29) is 16.9 Å². The molecule has 1 fully saturated rings. The molecule has 4 rings (SSSR count).